The van der Waals surface area contributed by atoms with E-state index in [1.165, 1.54) is 5.56 Å². The number of aromatic nitrogens is 1. The molecule has 0 saturated carbocycles. The van der Waals surface area contributed by atoms with E-state index in [9.17, 15) is 0 Å². The van der Waals surface area contributed by atoms with Crippen molar-refractivity contribution in [2.75, 3.05) is 6.61 Å². The first kappa shape index (κ1) is 14.7. The normalized spacial score (nSPS) is 12.6. The minimum atomic E-state index is 0.122. The first-order valence-electron chi connectivity index (χ1n) is 7.26. The molecule has 108 valence electrons. The molecule has 1 unspecified atom stereocenters. The van der Waals surface area contributed by atoms with Crippen molar-refractivity contribution in [1.29, 1.82) is 0 Å². The smallest absolute Gasteiger partial charge is 0.119 e. The SMILES string of the molecule is CC(C)C(N)c1ccn(CCCOc2ccccc2)c1. The molecule has 0 spiro atoms. The van der Waals surface area contributed by atoms with Gasteiger partial charge in [0.25, 0.3) is 0 Å². The van der Waals surface area contributed by atoms with Crippen LogP contribution < -0.4 is 10.5 Å². The fraction of sp³-hybridized carbons (Fsp3) is 0.412. The van der Waals surface area contributed by atoms with Crippen LogP contribution in [0, 0.1) is 5.92 Å². The van der Waals surface area contributed by atoms with Crippen molar-refractivity contribution >= 4 is 0 Å². The number of rotatable bonds is 7. The molecule has 3 heteroatoms. The van der Waals surface area contributed by atoms with Gasteiger partial charge >= 0.3 is 0 Å². The predicted molar refractivity (Wildman–Crippen MR) is 82.8 cm³/mol. The highest BCUT2D eigenvalue weighted by Crippen LogP contribution is 2.19. The summed E-state index contributed by atoms with van der Waals surface area (Å²) in [4.78, 5) is 0. The summed E-state index contributed by atoms with van der Waals surface area (Å²) in [7, 11) is 0. The van der Waals surface area contributed by atoms with Crippen LogP contribution in [0.15, 0.2) is 48.8 Å². The number of benzene rings is 1. The van der Waals surface area contributed by atoms with Gasteiger partial charge in [-0.05, 0) is 36.1 Å². The van der Waals surface area contributed by atoms with E-state index in [0.29, 0.717) is 5.92 Å². The molecule has 1 aromatic heterocycles. The first-order valence-corrected chi connectivity index (χ1v) is 7.26. The van der Waals surface area contributed by atoms with Crippen molar-refractivity contribution in [3.05, 3.63) is 54.4 Å². The zero-order chi connectivity index (χ0) is 14.4. The third-order valence-electron chi connectivity index (χ3n) is 3.45. The van der Waals surface area contributed by atoms with Crippen LogP contribution in [0.3, 0.4) is 0 Å². The van der Waals surface area contributed by atoms with Crippen molar-refractivity contribution in [3.63, 3.8) is 0 Å². The van der Waals surface area contributed by atoms with Gasteiger partial charge in [-0.2, -0.15) is 0 Å². The van der Waals surface area contributed by atoms with Crippen LogP contribution in [0.5, 0.6) is 5.75 Å². The minimum absolute atomic E-state index is 0.122. The molecular weight excluding hydrogens is 248 g/mol. The third-order valence-corrected chi connectivity index (χ3v) is 3.45. The molecule has 3 nitrogen and oxygen atoms in total. The Morgan fingerprint density at radius 1 is 1.15 bits per heavy atom. The minimum Gasteiger partial charge on any atom is -0.494 e. The molecule has 2 N–H and O–H groups in total. The Labute approximate surface area is 121 Å². The zero-order valence-electron chi connectivity index (χ0n) is 12.3. The lowest BCUT2D eigenvalue weighted by Gasteiger charge is -2.13. The average molecular weight is 272 g/mol. The lowest BCUT2D eigenvalue weighted by atomic mass is 10.00. The van der Waals surface area contributed by atoms with Gasteiger partial charge in [-0.25, -0.2) is 0 Å². The van der Waals surface area contributed by atoms with E-state index >= 15 is 0 Å². The summed E-state index contributed by atoms with van der Waals surface area (Å²) in [5.41, 5.74) is 7.36. The topological polar surface area (TPSA) is 40.2 Å². The standard InChI is InChI=1S/C17H24N2O/c1-14(2)17(18)15-9-11-19(13-15)10-6-12-20-16-7-4-3-5-8-16/h3-5,7-9,11,13-14,17H,6,10,12,18H2,1-2H3. The van der Waals surface area contributed by atoms with Crippen molar-refractivity contribution in [2.24, 2.45) is 11.7 Å². The van der Waals surface area contributed by atoms with E-state index in [2.05, 4.69) is 36.9 Å². The number of hydrogen-bond acceptors (Lipinski definition) is 2. The molecule has 0 amide bonds. The summed E-state index contributed by atoms with van der Waals surface area (Å²) in [5, 5.41) is 0. The Bertz CT molecular complexity index is 505. The van der Waals surface area contributed by atoms with Crippen molar-refractivity contribution in [3.8, 4) is 5.75 Å². The number of ether oxygens (including phenoxy) is 1. The lowest BCUT2D eigenvalue weighted by molar-refractivity contribution is 0.302. The van der Waals surface area contributed by atoms with E-state index in [1.807, 2.05) is 30.3 Å². The molecule has 0 aliphatic rings. The zero-order valence-corrected chi connectivity index (χ0v) is 12.3. The van der Waals surface area contributed by atoms with Gasteiger partial charge in [-0.1, -0.05) is 32.0 Å². The highest BCUT2D eigenvalue weighted by atomic mass is 16.5. The Morgan fingerprint density at radius 2 is 1.90 bits per heavy atom. The lowest BCUT2D eigenvalue weighted by Crippen LogP contribution is -2.16. The summed E-state index contributed by atoms with van der Waals surface area (Å²) >= 11 is 0. The van der Waals surface area contributed by atoms with E-state index in [1.54, 1.807) is 0 Å². The molecule has 0 fully saturated rings. The Hall–Kier alpha value is -1.74. The van der Waals surface area contributed by atoms with E-state index in [-0.39, 0.29) is 6.04 Å². The molecule has 0 aliphatic heterocycles. The van der Waals surface area contributed by atoms with Gasteiger partial charge in [0, 0.05) is 25.0 Å². The molecule has 0 bridgehead atoms. The third kappa shape index (κ3) is 4.14. The second kappa shape index (κ2) is 7.15. The van der Waals surface area contributed by atoms with Crippen molar-refractivity contribution in [1.82, 2.24) is 4.57 Å². The number of hydrogen-bond donors (Lipinski definition) is 1. The fourth-order valence-electron chi connectivity index (χ4n) is 2.13. The van der Waals surface area contributed by atoms with Crippen LogP contribution in [0.1, 0.15) is 31.9 Å². The van der Waals surface area contributed by atoms with Crippen molar-refractivity contribution in [2.45, 2.75) is 32.9 Å². The molecule has 0 aliphatic carbocycles. The fourth-order valence-corrected chi connectivity index (χ4v) is 2.13. The van der Waals surface area contributed by atoms with Gasteiger partial charge in [0.2, 0.25) is 0 Å². The van der Waals surface area contributed by atoms with Crippen LogP contribution in [-0.2, 0) is 6.54 Å². The summed E-state index contributed by atoms with van der Waals surface area (Å²) < 4.78 is 7.87. The van der Waals surface area contributed by atoms with E-state index < -0.39 is 0 Å². The number of nitrogens with zero attached hydrogens (tertiary/aromatic N) is 1. The molecule has 1 heterocycles. The Balaban J connectivity index is 1.75. The average Bonchev–Trinajstić information content (AvgIpc) is 2.92. The molecule has 0 saturated heterocycles. The maximum Gasteiger partial charge on any atom is 0.119 e. The summed E-state index contributed by atoms with van der Waals surface area (Å²) in [6.07, 6.45) is 5.23. The number of para-hydroxylation sites is 1. The maximum absolute atomic E-state index is 6.14. The highest BCUT2D eigenvalue weighted by molar-refractivity contribution is 5.20. The van der Waals surface area contributed by atoms with Crippen LogP contribution >= 0.6 is 0 Å². The molecule has 1 aromatic carbocycles. The summed E-state index contributed by atoms with van der Waals surface area (Å²) in [6, 6.07) is 12.2. The van der Waals surface area contributed by atoms with Crippen molar-refractivity contribution < 1.29 is 4.74 Å². The summed E-state index contributed by atoms with van der Waals surface area (Å²) in [5.74, 6) is 1.40. The van der Waals surface area contributed by atoms with Gasteiger partial charge in [0.15, 0.2) is 0 Å². The highest BCUT2D eigenvalue weighted by Gasteiger charge is 2.11. The van der Waals surface area contributed by atoms with Gasteiger partial charge in [-0.15, -0.1) is 0 Å². The van der Waals surface area contributed by atoms with Crippen LogP contribution in [0.2, 0.25) is 0 Å². The predicted octanol–water partition coefficient (Wildman–Crippen LogP) is 3.61. The molecule has 2 aromatic rings. The largest absolute Gasteiger partial charge is 0.494 e. The van der Waals surface area contributed by atoms with E-state index in [4.69, 9.17) is 10.5 Å². The first-order chi connectivity index (χ1) is 9.66. The van der Waals surface area contributed by atoms with Gasteiger partial charge < -0.3 is 15.0 Å². The second-order valence-corrected chi connectivity index (χ2v) is 5.47. The van der Waals surface area contributed by atoms with Gasteiger partial charge in [0.1, 0.15) is 5.75 Å². The number of aryl methyl sites for hydroxylation is 1. The second-order valence-electron chi connectivity index (χ2n) is 5.47. The Morgan fingerprint density at radius 3 is 2.60 bits per heavy atom. The van der Waals surface area contributed by atoms with Crippen LogP contribution in [-0.4, -0.2) is 11.2 Å². The van der Waals surface area contributed by atoms with Gasteiger partial charge in [0.05, 0.1) is 6.61 Å². The van der Waals surface area contributed by atoms with Crippen LogP contribution in [0.25, 0.3) is 0 Å². The maximum atomic E-state index is 6.14. The molecule has 0 radical (unpaired) electrons. The van der Waals surface area contributed by atoms with Gasteiger partial charge in [-0.3, -0.25) is 0 Å². The Kier molecular flexibility index (Phi) is 5.24. The van der Waals surface area contributed by atoms with E-state index in [0.717, 1.165) is 25.3 Å². The molecule has 20 heavy (non-hydrogen) atoms. The monoisotopic (exact) mass is 272 g/mol. The molecule has 2 rings (SSSR count). The molecular formula is C17H24N2O. The summed E-state index contributed by atoms with van der Waals surface area (Å²) in [6.45, 7) is 5.98. The number of nitrogens with two attached hydrogens (primary N) is 1. The van der Waals surface area contributed by atoms with Crippen LogP contribution in [0.4, 0.5) is 0 Å². The molecule has 1 atom stereocenters. The quantitative estimate of drug-likeness (QED) is 0.782.